The van der Waals surface area contributed by atoms with E-state index < -0.39 is 0 Å². The Morgan fingerprint density at radius 2 is 2.05 bits per heavy atom. The average Bonchev–Trinajstić information content (AvgIpc) is 2.82. The van der Waals surface area contributed by atoms with Gasteiger partial charge < -0.3 is 5.32 Å². The SMILES string of the molecule is CCCNC(c1c(Br)cnn1CC)C1CCC(C)CC1. The van der Waals surface area contributed by atoms with Crippen LogP contribution in [0.2, 0.25) is 0 Å². The van der Waals surface area contributed by atoms with Crippen LogP contribution in [0.4, 0.5) is 0 Å². The summed E-state index contributed by atoms with van der Waals surface area (Å²) >= 11 is 3.71. The minimum atomic E-state index is 0.444. The molecule has 1 aliphatic carbocycles. The molecule has 0 aromatic carbocycles. The molecule has 1 atom stereocenters. The van der Waals surface area contributed by atoms with Crippen molar-refractivity contribution in [2.45, 2.75) is 65.5 Å². The molecule has 1 aliphatic rings. The molecule has 4 heteroatoms. The van der Waals surface area contributed by atoms with Crippen molar-refractivity contribution in [3.63, 3.8) is 0 Å². The predicted molar refractivity (Wildman–Crippen MR) is 87.8 cm³/mol. The van der Waals surface area contributed by atoms with Crippen molar-refractivity contribution in [3.8, 4) is 0 Å². The van der Waals surface area contributed by atoms with E-state index in [1.165, 1.54) is 37.8 Å². The minimum Gasteiger partial charge on any atom is -0.308 e. The summed E-state index contributed by atoms with van der Waals surface area (Å²) in [5.74, 6) is 1.65. The van der Waals surface area contributed by atoms with E-state index >= 15 is 0 Å². The molecule has 114 valence electrons. The predicted octanol–water partition coefficient (Wildman–Crippen LogP) is 4.53. The van der Waals surface area contributed by atoms with Gasteiger partial charge in [0.15, 0.2) is 0 Å². The Morgan fingerprint density at radius 1 is 1.35 bits per heavy atom. The maximum absolute atomic E-state index is 4.50. The van der Waals surface area contributed by atoms with Gasteiger partial charge in [0.05, 0.1) is 22.4 Å². The third kappa shape index (κ3) is 3.64. The summed E-state index contributed by atoms with van der Waals surface area (Å²) in [4.78, 5) is 0. The Kier molecular flexibility index (Phi) is 6.09. The monoisotopic (exact) mass is 341 g/mol. The summed E-state index contributed by atoms with van der Waals surface area (Å²) in [5, 5.41) is 8.28. The topological polar surface area (TPSA) is 29.9 Å². The first-order valence-corrected chi connectivity index (χ1v) is 8.91. The molecule has 1 saturated carbocycles. The highest BCUT2D eigenvalue weighted by Crippen LogP contribution is 2.38. The van der Waals surface area contributed by atoms with Crippen LogP contribution >= 0.6 is 15.9 Å². The fraction of sp³-hybridized carbons (Fsp3) is 0.812. The maximum Gasteiger partial charge on any atom is 0.0698 e. The largest absolute Gasteiger partial charge is 0.308 e. The molecule has 0 radical (unpaired) electrons. The van der Waals surface area contributed by atoms with E-state index in [9.17, 15) is 0 Å². The molecule has 3 nitrogen and oxygen atoms in total. The van der Waals surface area contributed by atoms with Crippen molar-refractivity contribution in [1.29, 1.82) is 0 Å². The maximum atomic E-state index is 4.50. The van der Waals surface area contributed by atoms with Crippen LogP contribution in [-0.2, 0) is 6.54 Å². The summed E-state index contributed by atoms with van der Waals surface area (Å²) in [6.45, 7) is 8.81. The van der Waals surface area contributed by atoms with Gasteiger partial charge in [-0.2, -0.15) is 5.10 Å². The molecule has 0 spiro atoms. The molecule has 0 amide bonds. The molecule has 0 bridgehead atoms. The quantitative estimate of drug-likeness (QED) is 0.823. The molecule has 1 unspecified atom stereocenters. The second-order valence-corrected chi connectivity index (χ2v) is 7.00. The molecular formula is C16H28BrN3. The molecule has 0 aliphatic heterocycles. The van der Waals surface area contributed by atoms with Crippen LogP contribution in [0.25, 0.3) is 0 Å². The number of aryl methyl sites for hydroxylation is 1. The molecule has 0 saturated heterocycles. The average molecular weight is 342 g/mol. The van der Waals surface area contributed by atoms with Gasteiger partial charge in [0.25, 0.3) is 0 Å². The van der Waals surface area contributed by atoms with E-state index in [-0.39, 0.29) is 0 Å². The second-order valence-electron chi connectivity index (χ2n) is 6.15. The van der Waals surface area contributed by atoms with E-state index in [4.69, 9.17) is 0 Å². The van der Waals surface area contributed by atoms with Crippen LogP contribution in [0.5, 0.6) is 0 Å². The number of halogens is 1. The number of aromatic nitrogens is 2. The van der Waals surface area contributed by atoms with Crippen LogP contribution in [-0.4, -0.2) is 16.3 Å². The molecular weight excluding hydrogens is 314 g/mol. The van der Waals surface area contributed by atoms with Gasteiger partial charge >= 0.3 is 0 Å². The van der Waals surface area contributed by atoms with Gasteiger partial charge in [0.1, 0.15) is 0 Å². The zero-order chi connectivity index (χ0) is 14.5. The Bertz CT molecular complexity index is 408. The Morgan fingerprint density at radius 3 is 2.65 bits per heavy atom. The summed E-state index contributed by atoms with van der Waals surface area (Å²) in [6, 6.07) is 0.444. The highest BCUT2D eigenvalue weighted by Gasteiger charge is 2.30. The number of nitrogens with zero attached hydrogens (tertiary/aromatic N) is 2. The first-order valence-electron chi connectivity index (χ1n) is 8.11. The second kappa shape index (κ2) is 7.60. The molecule has 2 rings (SSSR count). The number of rotatable bonds is 6. The lowest BCUT2D eigenvalue weighted by molar-refractivity contribution is 0.224. The smallest absolute Gasteiger partial charge is 0.0698 e. The lowest BCUT2D eigenvalue weighted by Gasteiger charge is -2.34. The van der Waals surface area contributed by atoms with Gasteiger partial charge in [-0.1, -0.05) is 26.7 Å². The zero-order valence-corrected chi connectivity index (χ0v) is 14.6. The van der Waals surface area contributed by atoms with Crippen molar-refractivity contribution in [2.75, 3.05) is 6.54 Å². The highest BCUT2D eigenvalue weighted by atomic mass is 79.9. The van der Waals surface area contributed by atoms with Gasteiger partial charge in [-0.3, -0.25) is 4.68 Å². The van der Waals surface area contributed by atoms with Crippen LogP contribution in [0, 0.1) is 11.8 Å². The van der Waals surface area contributed by atoms with Gasteiger partial charge in [-0.25, -0.2) is 0 Å². The van der Waals surface area contributed by atoms with E-state index in [0.29, 0.717) is 6.04 Å². The van der Waals surface area contributed by atoms with E-state index in [2.05, 4.69) is 51.8 Å². The lowest BCUT2D eigenvalue weighted by atomic mass is 9.78. The number of hydrogen-bond donors (Lipinski definition) is 1. The third-order valence-electron chi connectivity index (χ3n) is 4.57. The van der Waals surface area contributed by atoms with Gasteiger partial charge in [0, 0.05) is 6.54 Å². The number of hydrogen-bond acceptors (Lipinski definition) is 2. The lowest BCUT2D eigenvalue weighted by Crippen LogP contribution is -2.33. The summed E-state index contributed by atoms with van der Waals surface area (Å²) in [5.41, 5.74) is 1.35. The van der Waals surface area contributed by atoms with Gasteiger partial charge in [-0.05, 0) is 60.5 Å². The van der Waals surface area contributed by atoms with Crippen LogP contribution in [0.1, 0.15) is 64.6 Å². The fourth-order valence-corrected chi connectivity index (χ4v) is 3.88. The van der Waals surface area contributed by atoms with Gasteiger partial charge in [-0.15, -0.1) is 0 Å². The van der Waals surface area contributed by atoms with Crippen LogP contribution in [0.15, 0.2) is 10.7 Å². The van der Waals surface area contributed by atoms with Crippen molar-refractivity contribution >= 4 is 15.9 Å². The van der Waals surface area contributed by atoms with Crippen LogP contribution in [0.3, 0.4) is 0 Å². The fourth-order valence-electron chi connectivity index (χ4n) is 3.34. The zero-order valence-electron chi connectivity index (χ0n) is 13.0. The molecule has 1 heterocycles. The first-order chi connectivity index (χ1) is 9.67. The van der Waals surface area contributed by atoms with Crippen molar-refractivity contribution in [2.24, 2.45) is 11.8 Å². The van der Waals surface area contributed by atoms with E-state index in [1.807, 2.05) is 6.20 Å². The summed E-state index contributed by atoms with van der Waals surface area (Å²) < 4.78 is 3.31. The van der Waals surface area contributed by atoms with Crippen LogP contribution < -0.4 is 5.32 Å². The molecule has 1 N–H and O–H groups in total. The van der Waals surface area contributed by atoms with E-state index in [1.54, 1.807) is 0 Å². The third-order valence-corrected chi connectivity index (χ3v) is 5.18. The Labute approximate surface area is 131 Å². The minimum absolute atomic E-state index is 0.444. The first kappa shape index (κ1) is 16.0. The Hall–Kier alpha value is -0.350. The van der Waals surface area contributed by atoms with E-state index in [0.717, 1.165) is 29.4 Å². The van der Waals surface area contributed by atoms with Gasteiger partial charge in [0.2, 0.25) is 0 Å². The Balaban J connectivity index is 2.20. The molecule has 1 aromatic rings. The molecule has 20 heavy (non-hydrogen) atoms. The normalized spacial score (nSPS) is 24.8. The number of nitrogens with one attached hydrogen (secondary N) is 1. The molecule has 1 aromatic heterocycles. The van der Waals surface area contributed by atoms with Crippen molar-refractivity contribution in [1.82, 2.24) is 15.1 Å². The van der Waals surface area contributed by atoms with Crippen molar-refractivity contribution in [3.05, 3.63) is 16.4 Å². The summed E-state index contributed by atoms with van der Waals surface area (Å²) in [7, 11) is 0. The van der Waals surface area contributed by atoms with Crippen molar-refractivity contribution < 1.29 is 0 Å². The summed E-state index contributed by atoms with van der Waals surface area (Å²) in [6.07, 6.45) is 8.54. The molecule has 1 fully saturated rings. The standard InChI is InChI=1S/C16H28BrN3/c1-4-10-18-15(13-8-6-12(3)7-9-13)16-14(17)11-19-20(16)5-2/h11-13,15,18H,4-10H2,1-3H3. The highest BCUT2D eigenvalue weighted by molar-refractivity contribution is 9.10.